The van der Waals surface area contributed by atoms with Gasteiger partial charge in [0.2, 0.25) is 0 Å². The maximum Gasteiger partial charge on any atom is 0.338 e. The van der Waals surface area contributed by atoms with E-state index in [-0.39, 0.29) is 29.1 Å². The molecule has 1 saturated heterocycles. The minimum Gasteiger partial charge on any atom is -0.478 e. The van der Waals surface area contributed by atoms with E-state index in [0.717, 1.165) is 19.3 Å². The molecule has 1 aliphatic carbocycles. The van der Waals surface area contributed by atoms with Crippen LogP contribution in [0.3, 0.4) is 0 Å². The molecular weight excluding hydrogens is 276 g/mol. The molecule has 3 rings (SSSR count). The molecule has 1 aromatic rings. The largest absolute Gasteiger partial charge is 0.478 e. The zero-order valence-electron chi connectivity index (χ0n) is 11.4. The zero-order chi connectivity index (χ0) is 15.0. The molecule has 0 spiro atoms. The third-order valence-electron chi connectivity index (χ3n) is 4.21. The number of hydrogen-bond acceptors (Lipinski definition) is 5. The molecule has 1 aliphatic heterocycles. The molecule has 1 N–H and O–H groups in total. The van der Waals surface area contributed by atoms with Gasteiger partial charge in [-0.2, -0.15) is 0 Å². The Morgan fingerprint density at radius 3 is 2.95 bits per heavy atom. The van der Waals surface area contributed by atoms with Gasteiger partial charge in [0.05, 0.1) is 29.2 Å². The number of rotatable bonds is 3. The van der Waals surface area contributed by atoms with Crippen molar-refractivity contribution in [2.24, 2.45) is 0 Å². The first-order chi connectivity index (χ1) is 10.1. The van der Waals surface area contributed by atoms with E-state index in [9.17, 15) is 20.0 Å². The van der Waals surface area contributed by atoms with Crippen molar-refractivity contribution < 1.29 is 19.6 Å². The lowest BCUT2D eigenvalue weighted by Gasteiger charge is -2.39. The SMILES string of the molecule is O=C(O)c1cccc([N+](=O)[O-])c1N1CCOC2CCCC21. The highest BCUT2D eigenvalue weighted by Gasteiger charge is 2.40. The van der Waals surface area contributed by atoms with Crippen LogP contribution in [-0.4, -0.2) is 41.3 Å². The van der Waals surface area contributed by atoms with Crippen molar-refractivity contribution in [2.45, 2.75) is 31.4 Å². The Bertz CT molecular complexity index is 556. The molecule has 0 aromatic heterocycles. The second-order valence-corrected chi connectivity index (χ2v) is 5.34. The fourth-order valence-electron chi connectivity index (χ4n) is 3.36. The van der Waals surface area contributed by atoms with Crippen LogP contribution in [-0.2, 0) is 4.74 Å². The number of fused-ring (bicyclic) bond motifs is 1. The number of morpholine rings is 1. The van der Waals surface area contributed by atoms with Gasteiger partial charge in [0, 0.05) is 12.6 Å². The van der Waals surface area contributed by atoms with Gasteiger partial charge in [-0.15, -0.1) is 0 Å². The molecule has 21 heavy (non-hydrogen) atoms. The maximum absolute atomic E-state index is 11.5. The standard InChI is InChI=1S/C14H16N2O5/c17-14(18)9-3-1-5-11(16(19)20)13(9)15-7-8-21-12-6-2-4-10(12)15/h1,3,5,10,12H,2,4,6-8H2,(H,17,18). The molecule has 2 unspecified atom stereocenters. The molecule has 112 valence electrons. The predicted octanol–water partition coefficient (Wildman–Crippen LogP) is 2.05. The number of para-hydroxylation sites is 1. The zero-order valence-corrected chi connectivity index (χ0v) is 11.4. The molecule has 0 radical (unpaired) electrons. The number of carbonyl (C=O) groups is 1. The number of anilines is 1. The van der Waals surface area contributed by atoms with Gasteiger partial charge >= 0.3 is 5.97 Å². The molecular formula is C14H16N2O5. The van der Waals surface area contributed by atoms with Gasteiger partial charge < -0.3 is 14.7 Å². The first-order valence-electron chi connectivity index (χ1n) is 6.98. The van der Waals surface area contributed by atoms with Crippen molar-refractivity contribution in [3.63, 3.8) is 0 Å². The normalized spacial score (nSPS) is 24.7. The van der Waals surface area contributed by atoms with Crippen molar-refractivity contribution in [2.75, 3.05) is 18.1 Å². The summed E-state index contributed by atoms with van der Waals surface area (Å²) in [5, 5.41) is 20.6. The van der Waals surface area contributed by atoms with E-state index >= 15 is 0 Å². The van der Waals surface area contributed by atoms with Gasteiger partial charge in [-0.05, 0) is 25.3 Å². The Hall–Kier alpha value is -2.15. The Morgan fingerprint density at radius 2 is 2.24 bits per heavy atom. The van der Waals surface area contributed by atoms with E-state index in [2.05, 4.69) is 0 Å². The fraction of sp³-hybridized carbons (Fsp3) is 0.500. The Balaban J connectivity index is 2.11. The van der Waals surface area contributed by atoms with E-state index < -0.39 is 10.9 Å². The molecule has 7 heteroatoms. The highest BCUT2D eigenvalue weighted by molar-refractivity contribution is 5.97. The topological polar surface area (TPSA) is 92.9 Å². The Morgan fingerprint density at radius 1 is 1.43 bits per heavy atom. The highest BCUT2D eigenvalue weighted by Crippen LogP contribution is 2.39. The van der Waals surface area contributed by atoms with Crippen LogP contribution in [0.15, 0.2) is 18.2 Å². The van der Waals surface area contributed by atoms with Crippen LogP contribution in [0, 0.1) is 10.1 Å². The van der Waals surface area contributed by atoms with Crippen LogP contribution in [0.1, 0.15) is 29.6 Å². The molecule has 2 aliphatic rings. The van der Waals surface area contributed by atoms with E-state index in [0.29, 0.717) is 13.2 Å². The van der Waals surface area contributed by atoms with Crippen molar-refractivity contribution in [1.82, 2.24) is 0 Å². The first-order valence-corrected chi connectivity index (χ1v) is 6.98. The minimum absolute atomic E-state index is 0.0169. The number of carboxylic acid groups (broad SMARTS) is 1. The maximum atomic E-state index is 11.5. The Kier molecular flexibility index (Phi) is 3.50. The van der Waals surface area contributed by atoms with Crippen LogP contribution in [0.25, 0.3) is 0 Å². The van der Waals surface area contributed by atoms with Crippen molar-refractivity contribution in [3.8, 4) is 0 Å². The molecule has 0 bridgehead atoms. The molecule has 2 fully saturated rings. The van der Waals surface area contributed by atoms with E-state index in [4.69, 9.17) is 4.74 Å². The second-order valence-electron chi connectivity index (χ2n) is 5.34. The van der Waals surface area contributed by atoms with Gasteiger partial charge in [0.25, 0.3) is 5.69 Å². The summed E-state index contributed by atoms with van der Waals surface area (Å²) in [4.78, 5) is 24.1. The Labute approximate surface area is 121 Å². The van der Waals surface area contributed by atoms with Crippen LogP contribution in [0.4, 0.5) is 11.4 Å². The highest BCUT2D eigenvalue weighted by atomic mass is 16.6. The van der Waals surface area contributed by atoms with E-state index in [1.165, 1.54) is 18.2 Å². The van der Waals surface area contributed by atoms with Gasteiger partial charge in [0.1, 0.15) is 5.69 Å². The number of benzene rings is 1. The number of hydrogen-bond donors (Lipinski definition) is 1. The molecule has 1 saturated carbocycles. The smallest absolute Gasteiger partial charge is 0.338 e. The van der Waals surface area contributed by atoms with Gasteiger partial charge in [-0.25, -0.2) is 4.79 Å². The molecule has 1 aromatic carbocycles. The summed E-state index contributed by atoms with van der Waals surface area (Å²) < 4.78 is 5.70. The monoisotopic (exact) mass is 292 g/mol. The molecule has 7 nitrogen and oxygen atoms in total. The number of nitrogens with zero attached hydrogens (tertiary/aromatic N) is 2. The van der Waals surface area contributed by atoms with E-state index in [1.807, 2.05) is 4.90 Å². The number of nitro groups is 1. The lowest BCUT2D eigenvalue weighted by Crippen LogP contribution is -2.49. The average molecular weight is 292 g/mol. The lowest BCUT2D eigenvalue weighted by molar-refractivity contribution is -0.384. The summed E-state index contributed by atoms with van der Waals surface area (Å²) in [7, 11) is 0. The summed E-state index contributed by atoms with van der Waals surface area (Å²) in [6.07, 6.45) is 2.83. The third kappa shape index (κ3) is 2.33. The number of ether oxygens (including phenoxy) is 1. The van der Waals surface area contributed by atoms with Crippen LogP contribution in [0.2, 0.25) is 0 Å². The number of aromatic carboxylic acids is 1. The minimum atomic E-state index is -1.14. The number of carboxylic acids is 1. The quantitative estimate of drug-likeness (QED) is 0.677. The predicted molar refractivity (Wildman–Crippen MR) is 74.8 cm³/mol. The summed E-state index contributed by atoms with van der Waals surface area (Å²) >= 11 is 0. The molecule has 1 heterocycles. The lowest BCUT2D eigenvalue weighted by atomic mass is 10.0. The van der Waals surface area contributed by atoms with Crippen LogP contribution < -0.4 is 4.90 Å². The fourth-order valence-corrected chi connectivity index (χ4v) is 3.36. The van der Waals surface area contributed by atoms with Gasteiger partial charge in [-0.3, -0.25) is 10.1 Å². The summed E-state index contributed by atoms with van der Waals surface area (Å²) in [5.74, 6) is -1.14. The van der Waals surface area contributed by atoms with Crippen LogP contribution >= 0.6 is 0 Å². The van der Waals surface area contributed by atoms with Gasteiger partial charge in [-0.1, -0.05) is 6.07 Å². The first kappa shape index (κ1) is 13.8. The van der Waals surface area contributed by atoms with Crippen molar-refractivity contribution in [1.29, 1.82) is 0 Å². The van der Waals surface area contributed by atoms with E-state index in [1.54, 1.807) is 0 Å². The summed E-state index contributed by atoms with van der Waals surface area (Å²) in [6.45, 7) is 0.943. The summed E-state index contributed by atoms with van der Waals surface area (Å²) in [6, 6.07) is 4.22. The average Bonchev–Trinajstić information content (AvgIpc) is 2.94. The van der Waals surface area contributed by atoms with Crippen molar-refractivity contribution in [3.05, 3.63) is 33.9 Å². The summed E-state index contributed by atoms with van der Waals surface area (Å²) in [5.41, 5.74) is 0.0504. The molecule has 0 amide bonds. The second kappa shape index (κ2) is 5.33. The molecule has 2 atom stereocenters. The third-order valence-corrected chi connectivity index (χ3v) is 4.21. The van der Waals surface area contributed by atoms with Crippen LogP contribution in [0.5, 0.6) is 0 Å². The van der Waals surface area contributed by atoms with Crippen molar-refractivity contribution >= 4 is 17.3 Å². The number of nitro benzene ring substituents is 1. The van der Waals surface area contributed by atoms with Gasteiger partial charge in [0.15, 0.2) is 0 Å².